The first-order valence-electron chi connectivity index (χ1n) is 5.69. The SMILES string of the molecule is Cc1cc(N)c(Cl)cc1OCCCC(C)C. The van der Waals surface area contributed by atoms with Crippen molar-refractivity contribution in [1.82, 2.24) is 0 Å². The lowest BCUT2D eigenvalue weighted by atomic mass is 10.1. The van der Waals surface area contributed by atoms with E-state index in [0.717, 1.165) is 30.3 Å². The van der Waals surface area contributed by atoms with Gasteiger partial charge in [0.05, 0.1) is 17.3 Å². The molecular formula is C13H20ClNO. The Kier molecular flexibility index (Phi) is 4.94. The lowest BCUT2D eigenvalue weighted by Gasteiger charge is -2.11. The van der Waals surface area contributed by atoms with E-state index in [1.165, 1.54) is 6.42 Å². The molecule has 0 heterocycles. The minimum Gasteiger partial charge on any atom is -0.493 e. The van der Waals surface area contributed by atoms with E-state index < -0.39 is 0 Å². The van der Waals surface area contributed by atoms with Crippen LogP contribution in [-0.2, 0) is 0 Å². The highest BCUT2D eigenvalue weighted by Crippen LogP contribution is 2.28. The predicted octanol–water partition coefficient (Wildman–Crippen LogP) is 4.05. The third-order valence-corrected chi connectivity index (χ3v) is 2.80. The molecule has 0 aliphatic heterocycles. The van der Waals surface area contributed by atoms with Gasteiger partial charge in [-0.2, -0.15) is 0 Å². The van der Waals surface area contributed by atoms with Crippen molar-refractivity contribution in [2.45, 2.75) is 33.6 Å². The summed E-state index contributed by atoms with van der Waals surface area (Å²) in [6.45, 7) is 7.14. The Balaban J connectivity index is 2.51. The highest BCUT2D eigenvalue weighted by atomic mass is 35.5. The van der Waals surface area contributed by atoms with Crippen LogP contribution in [0.5, 0.6) is 5.75 Å². The zero-order valence-corrected chi connectivity index (χ0v) is 11.0. The Morgan fingerprint density at radius 1 is 1.38 bits per heavy atom. The minimum absolute atomic E-state index is 0.560. The summed E-state index contributed by atoms with van der Waals surface area (Å²) in [4.78, 5) is 0. The van der Waals surface area contributed by atoms with Gasteiger partial charge in [0.15, 0.2) is 0 Å². The van der Waals surface area contributed by atoms with Crippen LogP contribution < -0.4 is 10.5 Å². The Morgan fingerprint density at radius 3 is 2.69 bits per heavy atom. The summed E-state index contributed by atoms with van der Waals surface area (Å²) in [6, 6.07) is 3.64. The molecule has 16 heavy (non-hydrogen) atoms. The van der Waals surface area contributed by atoms with Crippen molar-refractivity contribution in [3.05, 3.63) is 22.7 Å². The third-order valence-electron chi connectivity index (χ3n) is 2.48. The van der Waals surface area contributed by atoms with E-state index in [1.54, 1.807) is 6.07 Å². The van der Waals surface area contributed by atoms with Crippen molar-refractivity contribution in [3.8, 4) is 5.75 Å². The van der Waals surface area contributed by atoms with E-state index in [0.29, 0.717) is 10.7 Å². The maximum absolute atomic E-state index is 5.94. The maximum Gasteiger partial charge on any atom is 0.123 e. The van der Waals surface area contributed by atoms with Gasteiger partial charge in [-0.05, 0) is 37.3 Å². The van der Waals surface area contributed by atoms with E-state index in [1.807, 2.05) is 13.0 Å². The molecule has 0 aromatic heterocycles. The summed E-state index contributed by atoms with van der Waals surface area (Å²) in [7, 11) is 0. The van der Waals surface area contributed by atoms with E-state index in [4.69, 9.17) is 22.1 Å². The van der Waals surface area contributed by atoms with Gasteiger partial charge in [0.25, 0.3) is 0 Å². The summed E-state index contributed by atoms with van der Waals surface area (Å²) in [5.74, 6) is 1.56. The number of nitrogens with two attached hydrogens (primary N) is 1. The van der Waals surface area contributed by atoms with Crippen molar-refractivity contribution >= 4 is 17.3 Å². The minimum atomic E-state index is 0.560. The monoisotopic (exact) mass is 241 g/mol. The molecule has 1 rings (SSSR count). The fourth-order valence-corrected chi connectivity index (χ4v) is 1.67. The number of rotatable bonds is 5. The largest absolute Gasteiger partial charge is 0.493 e. The molecule has 0 fully saturated rings. The van der Waals surface area contributed by atoms with Gasteiger partial charge < -0.3 is 10.5 Å². The summed E-state index contributed by atoms with van der Waals surface area (Å²) in [5.41, 5.74) is 7.34. The lowest BCUT2D eigenvalue weighted by Crippen LogP contribution is -2.01. The van der Waals surface area contributed by atoms with Crippen LogP contribution in [0.4, 0.5) is 5.69 Å². The first-order chi connectivity index (χ1) is 7.50. The molecule has 0 saturated heterocycles. The molecule has 0 amide bonds. The van der Waals surface area contributed by atoms with Crippen molar-refractivity contribution in [2.75, 3.05) is 12.3 Å². The zero-order valence-electron chi connectivity index (χ0n) is 10.2. The van der Waals surface area contributed by atoms with Gasteiger partial charge in [-0.1, -0.05) is 25.4 Å². The maximum atomic E-state index is 5.94. The molecule has 2 nitrogen and oxygen atoms in total. The predicted molar refractivity (Wildman–Crippen MR) is 70.2 cm³/mol. The fourth-order valence-electron chi connectivity index (χ4n) is 1.51. The number of halogens is 1. The number of ether oxygens (including phenoxy) is 1. The van der Waals surface area contributed by atoms with Crippen molar-refractivity contribution in [2.24, 2.45) is 5.92 Å². The van der Waals surface area contributed by atoms with Gasteiger partial charge in [-0.15, -0.1) is 0 Å². The number of benzene rings is 1. The summed E-state index contributed by atoms with van der Waals surface area (Å²) >= 11 is 5.94. The van der Waals surface area contributed by atoms with Gasteiger partial charge in [-0.25, -0.2) is 0 Å². The molecule has 90 valence electrons. The van der Waals surface area contributed by atoms with Crippen LogP contribution in [-0.4, -0.2) is 6.61 Å². The van der Waals surface area contributed by atoms with Crippen molar-refractivity contribution in [3.63, 3.8) is 0 Å². The molecular weight excluding hydrogens is 222 g/mol. The zero-order chi connectivity index (χ0) is 12.1. The quantitative estimate of drug-likeness (QED) is 0.624. The number of hydrogen-bond donors (Lipinski definition) is 1. The van der Waals surface area contributed by atoms with E-state index in [-0.39, 0.29) is 0 Å². The van der Waals surface area contributed by atoms with Crippen LogP contribution in [0.25, 0.3) is 0 Å². The molecule has 0 saturated carbocycles. The fraction of sp³-hybridized carbons (Fsp3) is 0.538. The molecule has 0 spiro atoms. The average molecular weight is 242 g/mol. The average Bonchev–Trinajstić information content (AvgIpc) is 2.19. The number of hydrogen-bond acceptors (Lipinski definition) is 2. The van der Waals surface area contributed by atoms with Crippen molar-refractivity contribution < 1.29 is 4.74 Å². The molecule has 0 aliphatic carbocycles. The normalized spacial score (nSPS) is 10.8. The number of aryl methyl sites for hydroxylation is 1. The molecule has 1 aromatic rings. The van der Waals surface area contributed by atoms with Crippen LogP contribution in [0.15, 0.2) is 12.1 Å². The summed E-state index contributed by atoms with van der Waals surface area (Å²) in [5, 5.41) is 0.560. The highest BCUT2D eigenvalue weighted by Gasteiger charge is 2.04. The molecule has 1 aromatic carbocycles. The van der Waals surface area contributed by atoms with Crippen LogP contribution in [0.1, 0.15) is 32.3 Å². The number of anilines is 1. The number of nitrogen functional groups attached to an aromatic ring is 1. The first kappa shape index (κ1) is 13.2. The van der Waals surface area contributed by atoms with Gasteiger partial charge in [0, 0.05) is 6.07 Å². The highest BCUT2D eigenvalue weighted by molar-refractivity contribution is 6.33. The Hall–Kier alpha value is -0.890. The molecule has 0 unspecified atom stereocenters. The molecule has 0 bridgehead atoms. The van der Waals surface area contributed by atoms with Crippen LogP contribution >= 0.6 is 11.6 Å². The summed E-state index contributed by atoms with van der Waals surface area (Å²) in [6.07, 6.45) is 2.25. The molecule has 3 heteroatoms. The second-order valence-electron chi connectivity index (χ2n) is 4.52. The second kappa shape index (κ2) is 6.00. The Morgan fingerprint density at radius 2 is 2.06 bits per heavy atom. The molecule has 2 N–H and O–H groups in total. The van der Waals surface area contributed by atoms with E-state index in [2.05, 4.69) is 13.8 Å². The van der Waals surface area contributed by atoms with Gasteiger partial charge in [-0.3, -0.25) is 0 Å². The first-order valence-corrected chi connectivity index (χ1v) is 6.07. The molecule has 0 aliphatic rings. The van der Waals surface area contributed by atoms with Gasteiger partial charge >= 0.3 is 0 Å². The lowest BCUT2D eigenvalue weighted by molar-refractivity contribution is 0.296. The standard InChI is InChI=1S/C13H20ClNO/c1-9(2)5-4-6-16-13-8-11(14)12(15)7-10(13)3/h7-9H,4-6,15H2,1-3H3. The van der Waals surface area contributed by atoms with Gasteiger partial charge in [0.1, 0.15) is 5.75 Å². The smallest absolute Gasteiger partial charge is 0.123 e. The Labute approximate surface area is 103 Å². The van der Waals surface area contributed by atoms with E-state index >= 15 is 0 Å². The van der Waals surface area contributed by atoms with Crippen LogP contribution in [0.3, 0.4) is 0 Å². The van der Waals surface area contributed by atoms with Crippen molar-refractivity contribution in [1.29, 1.82) is 0 Å². The third kappa shape index (κ3) is 3.93. The molecule has 0 radical (unpaired) electrons. The van der Waals surface area contributed by atoms with Crippen LogP contribution in [0, 0.1) is 12.8 Å². The van der Waals surface area contributed by atoms with Crippen LogP contribution in [0.2, 0.25) is 5.02 Å². The van der Waals surface area contributed by atoms with Gasteiger partial charge in [0.2, 0.25) is 0 Å². The summed E-state index contributed by atoms with van der Waals surface area (Å²) < 4.78 is 5.68. The molecule has 0 atom stereocenters. The topological polar surface area (TPSA) is 35.2 Å². The second-order valence-corrected chi connectivity index (χ2v) is 4.93. The van der Waals surface area contributed by atoms with E-state index in [9.17, 15) is 0 Å². The Bertz CT molecular complexity index is 350.